The summed E-state index contributed by atoms with van der Waals surface area (Å²) < 4.78 is 2.00. The van der Waals surface area contributed by atoms with Crippen LogP contribution < -0.4 is 11.5 Å². The van der Waals surface area contributed by atoms with Gasteiger partial charge in [-0.1, -0.05) is 0 Å². The Morgan fingerprint density at radius 2 is 2.06 bits per heavy atom. The van der Waals surface area contributed by atoms with Crippen LogP contribution in [-0.4, -0.2) is 21.3 Å². The maximum atomic E-state index is 5.72. The fraction of sp³-hybridized carbons (Fsp3) is 0.385. The molecule has 1 aliphatic heterocycles. The Bertz CT molecular complexity index is 543. The van der Waals surface area contributed by atoms with Crippen molar-refractivity contribution in [3.8, 4) is 11.4 Å². The van der Waals surface area contributed by atoms with Gasteiger partial charge >= 0.3 is 0 Å². The highest BCUT2D eigenvalue weighted by Crippen LogP contribution is 2.22. The summed E-state index contributed by atoms with van der Waals surface area (Å²) >= 11 is 0. The molecular weight excluding hydrogens is 226 g/mol. The minimum Gasteiger partial charge on any atom is -0.399 e. The molecule has 0 saturated heterocycles. The predicted molar refractivity (Wildman–Crippen MR) is 70.7 cm³/mol. The van der Waals surface area contributed by atoms with Gasteiger partial charge in [0.1, 0.15) is 5.82 Å². The van der Waals surface area contributed by atoms with Crippen LogP contribution in [-0.2, 0) is 13.0 Å². The molecule has 4 N–H and O–H groups in total. The second kappa shape index (κ2) is 4.42. The number of hydrogen-bond acceptors (Lipinski definition) is 4. The number of fused-ring (bicyclic) bond motifs is 1. The molecule has 94 valence electrons. The maximum absolute atomic E-state index is 5.72. The number of anilines is 1. The van der Waals surface area contributed by atoms with Gasteiger partial charge in [-0.2, -0.15) is 5.10 Å². The van der Waals surface area contributed by atoms with Crippen LogP contribution in [0.2, 0.25) is 0 Å². The number of nitrogens with zero attached hydrogens (tertiary/aromatic N) is 3. The van der Waals surface area contributed by atoms with E-state index < -0.39 is 0 Å². The second-order valence-corrected chi connectivity index (χ2v) is 4.79. The van der Waals surface area contributed by atoms with Crippen LogP contribution in [0.4, 0.5) is 5.69 Å². The summed E-state index contributed by atoms with van der Waals surface area (Å²) in [6.07, 6.45) is 2.02. The molecular formula is C13H17N5. The monoisotopic (exact) mass is 243 g/mol. The van der Waals surface area contributed by atoms with E-state index in [-0.39, 0.29) is 0 Å². The molecule has 0 radical (unpaired) electrons. The van der Waals surface area contributed by atoms with Crippen LogP contribution >= 0.6 is 0 Å². The first-order valence-corrected chi connectivity index (χ1v) is 6.26. The van der Waals surface area contributed by atoms with E-state index >= 15 is 0 Å². The van der Waals surface area contributed by atoms with Crippen molar-refractivity contribution < 1.29 is 0 Å². The molecule has 0 fully saturated rings. The van der Waals surface area contributed by atoms with Crippen molar-refractivity contribution >= 4 is 5.69 Å². The van der Waals surface area contributed by atoms with E-state index in [1.807, 2.05) is 28.9 Å². The highest BCUT2D eigenvalue weighted by atomic mass is 15.3. The van der Waals surface area contributed by atoms with Gasteiger partial charge in [-0.05, 0) is 43.1 Å². The molecule has 0 amide bonds. The first-order chi connectivity index (χ1) is 8.76. The van der Waals surface area contributed by atoms with E-state index in [0.717, 1.165) is 48.8 Å². The highest BCUT2D eigenvalue weighted by Gasteiger charge is 2.21. The fourth-order valence-corrected chi connectivity index (χ4v) is 2.33. The third kappa shape index (κ3) is 1.97. The first kappa shape index (κ1) is 11.2. The SMILES string of the molecule is NCC1CCn2nc(-c3ccc(N)cc3)nc2C1. The van der Waals surface area contributed by atoms with Crippen LogP contribution in [0.15, 0.2) is 24.3 Å². The maximum Gasteiger partial charge on any atom is 0.181 e. The van der Waals surface area contributed by atoms with Gasteiger partial charge in [-0.3, -0.25) is 0 Å². The lowest BCUT2D eigenvalue weighted by molar-refractivity contribution is 0.369. The average molecular weight is 243 g/mol. The van der Waals surface area contributed by atoms with Gasteiger partial charge < -0.3 is 11.5 Å². The Kier molecular flexibility index (Phi) is 2.76. The van der Waals surface area contributed by atoms with Crippen molar-refractivity contribution in [1.82, 2.24) is 14.8 Å². The molecule has 0 saturated carbocycles. The molecule has 18 heavy (non-hydrogen) atoms. The Morgan fingerprint density at radius 1 is 1.28 bits per heavy atom. The summed E-state index contributed by atoms with van der Waals surface area (Å²) in [5, 5.41) is 4.54. The number of benzene rings is 1. The molecule has 1 aromatic carbocycles. The van der Waals surface area contributed by atoms with Crippen molar-refractivity contribution in [2.45, 2.75) is 19.4 Å². The number of hydrogen-bond donors (Lipinski definition) is 2. The summed E-state index contributed by atoms with van der Waals surface area (Å²) in [4.78, 5) is 4.60. The number of aromatic nitrogens is 3. The average Bonchev–Trinajstić information content (AvgIpc) is 2.82. The number of nitrogen functional groups attached to an aromatic ring is 1. The van der Waals surface area contributed by atoms with E-state index in [2.05, 4.69) is 10.1 Å². The summed E-state index contributed by atoms with van der Waals surface area (Å²) in [6, 6.07) is 7.66. The standard InChI is InChI=1S/C13H17N5/c14-8-9-5-6-18-12(7-9)16-13(17-18)10-1-3-11(15)4-2-10/h1-4,9H,5-8,14-15H2. The van der Waals surface area contributed by atoms with E-state index in [1.165, 1.54) is 0 Å². The number of aryl methyl sites for hydroxylation is 1. The van der Waals surface area contributed by atoms with Gasteiger partial charge in [-0.25, -0.2) is 9.67 Å². The largest absolute Gasteiger partial charge is 0.399 e. The van der Waals surface area contributed by atoms with Gasteiger partial charge in [-0.15, -0.1) is 0 Å². The first-order valence-electron chi connectivity index (χ1n) is 6.26. The van der Waals surface area contributed by atoms with Crippen LogP contribution in [0.25, 0.3) is 11.4 Å². The minimum atomic E-state index is 0.543. The van der Waals surface area contributed by atoms with Crippen LogP contribution in [0.3, 0.4) is 0 Å². The molecule has 3 rings (SSSR count). The Hall–Kier alpha value is -1.88. The summed E-state index contributed by atoms with van der Waals surface area (Å²) in [5.74, 6) is 2.37. The van der Waals surface area contributed by atoms with E-state index in [0.29, 0.717) is 5.92 Å². The fourth-order valence-electron chi connectivity index (χ4n) is 2.33. The van der Waals surface area contributed by atoms with Crippen molar-refractivity contribution in [1.29, 1.82) is 0 Å². The van der Waals surface area contributed by atoms with Crippen molar-refractivity contribution in [2.75, 3.05) is 12.3 Å². The van der Waals surface area contributed by atoms with E-state index in [4.69, 9.17) is 11.5 Å². The highest BCUT2D eigenvalue weighted by molar-refractivity contribution is 5.58. The Morgan fingerprint density at radius 3 is 2.78 bits per heavy atom. The zero-order chi connectivity index (χ0) is 12.5. The van der Waals surface area contributed by atoms with Gasteiger partial charge in [0.25, 0.3) is 0 Å². The van der Waals surface area contributed by atoms with Crippen molar-refractivity contribution in [3.05, 3.63) is 30.1 Å². The molecule has 1 aromatic heterocycles. The Labute approximate surface area is 106 Å². The van der Waals surface area contributed by atoms with Crippen molar-refractivity contribution in [2.24, 2.45) is 11.7 Å². The van der Waals surface area contributed by atoms with Gasteiger partial charge in [0, 0.05) is 24.2 Å². The summed E-state index contributed by atoms with van der Waals surface area (Å²) in [7, 11) is 0. The lowest BCUT2D eigenvalue weighted by atomic mass is 9.98. The molecule has 2 heterocycles. The third-order valence-corrected chi connectivity index (χ3v) is 3.47. The Balaban J connectivity index is 1.91. The van der Waals surface area contributed by atoms with Crippen LogP contribution in [0.5, 0.6) is 0 Å². The van der Waals surface area contributed by atoms with Crippen LogP contribution in [0, 0.1) is 5.92 Å². The molecule has 5 heteroatoms. The topological polar surface area (TPSA) is 82.8 Å². The van der Waals surface area contributed by atoms with E-state index in [1.54, 1.807) is 0 Å². The van der Waals surface area contributed by atoms with Gasteiger partial charge in [0.05, 0.1) is 0 Å². The van der Waals surface area contributed by atoms with Crippen LogP contribution in [0.1, 0.15) is 12.2 Å². The lowest BCUT2D eigenvalue weighted by Crippen LogP contribution is -2.25. The molecule has 1 aliphatic rings. The molecule has 1 unspecified atom stereocenters. The quantitative estimate of drug-likeness (QED) is 0.772. The van der Waals surface area contributed by atoms with E-state index in [9.17, 15) is 0 Å². The predicted octanol–water partition coefficient (Wildman–Crippen LogP) is 1.05. The minimum absolute atomic E-state index is 0.543. The zero-order valence-corrected chi connectivity index (χ0v) is 10.2. The molecule has 0 spiro atoms. The number of nitrogens with two attached hydrogens (primary N) is 2. The normalized spacial score (nSPS) is 18.6. The molecule has 0 bridgehead atoms. The molecule has 2 aromatic rings. The van der Waals surface area contributed by atoms with Gasteiger partial charge in [0.15, 0.2) is 5.82 Å². The third-order valence-electron chi connectivity index (χ3n) is 3.47. The van der Waals surface area contributed by atoms with Crippen molar-refractivity contribution in [3.63, 3.8) is 0 Å². The lowest BCUT2D eigenvalue weighted by Gasteiger charge is -2.19. The zero-order valence-electron chi connectivity index (χ0n) is 10.2. The molecule has 1 atom stereocenters. The van der Waals surface area contributed by atoms with Gasteiger partial charge in [0.2, 0.25) is 0 Å². The number of rotatable bonds is 2. The smallest absolute Gasteiger partial charge is 0.181 e. The molecule has 0 aliphatic carbocycles. The summed E-state index contributed by atoms with van der Waals surface area (Å²) in [5.41, 5.74) is 13.2. The molecule has 5 nitrogen and oxygen atoms in total. The second-order valence-electron chi connectivity index (χ2n) is 4.79. The summed E-state index contributed by atoms with van der Waals surface area (Å²) in [6.45, 7) is 1.64.